The zero-order valence-electron chi connectivity index (χ0n) is 12.0. The third kappa shape index (κ3) is 3.35. The van der Waals surface area contributed by atoms with Crippen LogP contribution in [0.5, 0.6) is 0 Å². The molecule has 0 saturated carbocycles. The van der Waals surface area contributed by atoms with E-state index in [0.29, 0.717) is 36.5 Å². The molecule has 1 atom stereocenters. The highest BCUT2D eigenvalue weighted by atomic mass is 35.5. The van der Waals surface area contributed by atoms with E-state index >= 15 is 0 Å². The first kappa shape index (κ1) is 15.8. The second kappa shape index (κ2) is 6.43. The number of hydrogen-bond acceptors (Lipinski definition) is 3. The van der Waals surface area contributed by atoms with Crippen LogP contribution in [-0.4, -0.2) is 40.0 Å². The van der Waals surface area contributed by atoms with Gasteiger partial charge in [-0.25, -0.2) is 4.98 Å². The van der Waals surface area contributed by atoms with Crippen LogP contribution in [0.2, 0.25) is 5.15 Å². The number of carboxylic acids is 1. The number of likely N-dealkylation sites (tertiary alicyclic amines) is 1. The van der Waals surface area contributed by atoms with Gasteiger partial charge < -0.3 is 10.0 Å². The monoisotopic (exact) mass is 310 g/mol. The Bertz CT molecular complexity index is 528. The largest absolute Gasteiger partial charge is 0.481 e. The smallest absolute Gasteiger partial charge is 0.311 e. The summed E-state index contributed by atoms with van der Waals surface area (Å²) in [5.41, 5.74) is -0.375. The Labute approximate surface area is 128 Å². The second-order valence-electron chi connectivity index (χ2n) is 5.54. The first-order chi connectivity index (χ1) is 9.98. The third-order valence-electron chi connectivity index (χ3n) is 4.02. The minimum absolute atomic E-state index is 0.180. The Hall–Kier alpha value is -1.62. The van der Waals surface area contributed by atoms with Gasteiger partial charge in [-0.15, -0.1) is 0 Å². The summed E-state index contributed by atoms with van der Waals surface area (Å²) in [6.45, 7) is 2.81. The highest BCUT2D eigenvalue weighted by Crippen LogP contribution is 2.35. The van der Waals surface area contributed by atoms with Crippen molar-refractivity contribution in [3.8, 4) is 0 Å². The molecule has 0 radical (unpaired) electrons. The van der Waals surface area contributed by atoms with E-state index in [1.807, 2.05) is 6.92 Å². The molecule has 1 saturated heterocycles. The van der Waals surface area contributed by atoms with Crippen molar-refractivity contribution in [1.82, 2.24) is 9.88 Å². The molecule has 0 aliphatic carbocycles. The number of aromatic nitrogens is 1. The molecular weight excluding hydrogens is 292 g/mol. The second-order valence-corrected chi connectivity index (χ2v) is 5.92. The Morgan fingerprint density at radius 2 is 2.24 bits per heavy atom. The van der Waals surface area contributed by atoms with E-state index in [1.165, 1.54) is 6.20 Å². The quantitative estimate of drug-likeness (QED) is 0.868. The molecule has 114 valence electrons. The lowest BCUT2D eigenvalue weighted by Gasteiger charge is -2.40. The minimum Gasteiger partial charge on any atom is -0.481 e. The molecule has 6 heteroatoms. The third-order valence-corrected chi connectivity index (χ3v) is 4.24. The fraction of sp³-hybridized carbons (Fsp3) is 0.533. The van der Waals surface area contributed by atoms with E-state index in [0.717, 1.165) is 6.42 Å². The highest BCUT2D eigenvalue weighted by molar-refractivity contribution is 6.29. The number of hydrogen-bond donors (Lipinski definition) is 1. The summed E-state index contributed by atoms with van der Waals surface area (Å²) < 4.78 is 0. The number of rotatable bonds is 4. The summed E-state index contributed by atoms with van der Waals surface area (Å²) in [5.74, 6) is -0.989. The lowest BCUT2D eigenvalue weighted by atomic mass is 9.76. The van der Waals surface area contributed by atoms with Gasteiger partial charge in [0, 0.05) is 19.3 Å². The SMILES string of the molecule is CCCC1(C(=O)O)CCCN(C(=O)c2ccc(Cl)nc2)C1. The van der Waals surface area contributed by atoms with Gasteiger partial charge in [-0.1, -0.05) is 24.9 Å². The number of nitrogens with zero attached hydrogens (tertiary/aromatic N) is 2. The molecule has 5 nitrogen and oxygen atoms in total. The van der Waals surface area contributed by atoms with Crippen LogP contribution in [0, 0.1) is 5.41 Å². The van der Waals surface area contributed by atoms with Crippen molar-refractivity contribution >= 4 is 23.5 Å². The van der Waals surface area contributed by atoms with Gasteiger partial charge in [0.1, 0.15) is 5.15 Å². The zero-order chi connectivity index (χ0) is 15.5. The molecule has 0 aromatic carbocycles. The molecule has 1 amide bonds. The highest BCUT2D eigenvalue weighted by Gasteiger charge is 2.42. The van der Waals surface area contributed by atoms with E-state index in [2.05, 4.69) is 4.98 Å². The molecule has 1 aromatic rings. The molecule has 1 N–H and O–H groups in total. The van der Waals surface area contributed by atoms with Gasteiger partial charge in [-0.2, -0.15) is 0 Å². The lowest BCUT2D eigenvalue weighted by molar-refractivity contribution is -0.152. The number of halogens is 1. The molecule has 2 heterocycles. The first-order valence-corrected chi connectivity index (χ1v) is 7.50. The molecular formula is C15H19ClN2O3. The van der Waals surface area contributed by atoms with Crippen molar-refractivity contribution in [3.63, 3.8) is 0 Å². The molecule has 0 bridgehead atoms. The summed E-state index contributed by atoms with van der Waals surface area (Å²) in [5, 5.41) is 9.89. The number of pyridine rings is 1. The molecule has 1 aliphatic heterocycles. The van der Waals surface area contributed by atoms with E-state index in [9.17, 15) is 14.7 Å². The Morgan fingerprint density at radius 3 is 2.81 bits per heavy atom. The minimum atomic E-state index is -0.817. The van der Waals surface area contributed by atoms with Crippen LogP contribution in [0.4, 0.5) is 0 Å². The number of aliphatic carboxylic acids is 1. The molecule has 21 heavy (non-hydrogen) atoms. The summed E-state index contributed by atoms with van der Waals surface area (Å²) in [6, 6.07) is 3.18. The Morgan fingerprint density at radius 1 is 1.48 bits per heavy atom. The molecule has 0 spiro atoms. The van der Waals surface area contributed by atoms with E-state index in [4.69, 9.17) is 11.6 Å². The van der Waals surface area contributed by atoms with Crippen molar-refractivity contribution < 1.29 is 14.7 Å². The standard InChI is InChI=1S/C15H19ClN2O3/c1-2-6-15(14(20)21)7-3-8-18(10-15)13(19)11-4-5-12(16)17-9-11/h4-5,9H,2-3,6-8,10H2,1H3,(H,20,21). The van der Waals surface area contributed by atoms with Crippen LogP contribution in [0.1, 0.15) is 43.0 Å². The van der Waals surface area contributed by atoms with Crippen molar-refractivity contribution in [3.05, 3.63) is 29.0 Å². The van der Waals surface area contributed by atoms with Gasteiger partial charge in [-0.05, 0) is 31.4 Å². The van der Waals surface area contributed by atoms with Crippen molar-refractivity contribution in [2.24, 2.45) is 5.41 Å². The van der Waals surface area contributed by atoms with E-state index < -0.39 is 11.4 Å². The molecule has 1 fully saturated rings. The number of carbonyl (C=O) groups is 2. The molecule has 1 unspecified atom stereocenters. The summed E-state index contributed by atoms with van der Waals surface area (Å²) >= 11 is 5.72. The molecule has 2 rings (SSSR count). The first-order valence-electron chi connectivity index (χ1n) is 7.13. The number of carboxylic acid groups (broad SMARTS) is 1. The topological polar surface area (TPSA) is 70.5 Å². The van der Waals surface area contributed by atoms with Crippen LogP contribution in [0.25, 0.3) is 0 Å². The van der Waals surface area contributed by atoms with Crippen molar-refractivity contribution in [2.75, 3.05) is 13.1 Å². The van der Waals surface area contributed by atoms with Gasteiger partial charge in [0.05, 0.1) is 11.0 Å². The fourth-order valence-corrected chi connectivity index (χ4v) is 3.07. The molecule has 1 aliphatic rings. The maximum atomic E-state index is 12.5. The van der Waals surface area contributed by atoms with Gasteiger partial charge in [0.2, 0.25) is 0 Å². The predicted molar refractivity (Wildman–Crippen MR) is 79.4 cm³/mol. The predicted octanol–water partition coefficient (Wildman–Crippen LogP) is 2.84. The Kier molecular flexibility index (Phi) is 4.83. The van der Waals surface area contributed by atoms with Gasteiger partial charge in [0.15, 0.2) is 0 Å². The van der Waals surface area contributed by atoms with Gasteiger partial charge in [0.25, 0.3) is 5.91 Å². The average Bonchev–Trinajstić information content (AvgIpc) is 2.48. The van der Waals surface area contributed by atoms with Gasteiger partial charge in [-0.3, -0.25) is 9.59 Å². The number of carbonyl (C=O) groups excluding carboxylic acids is 1. The number of amides is 1. The fourth-order valence-electron chi connectivity index (χ4n) is 2.95. The van der Waals surface area contributed by atoms with Crippen LogP contribution in [0.3, 0.4) is 0 Å². The lowest BCUT2D eigenvalue weighted by Crippen LogP contribution is -2.49. The average molecular weight is 311 g/mol. The Balaban J connectivity index is 2.18. The normalized spacial score (nSPS) is 22.1. The van der Waals surface area contributed by atoms with Gasteiger partial charge >= 0.3 is 5.97 Å². The summed E-state index contributed by atoms with van der Waals surface area (Å²) in [6.07, 6.45) is 4.14. The summed E-state index contributed by atoms with van der Waals surface area (Å²) in [7, 11) is 0. The van der Waals surface area contributed by atoms with Crippen LogP contribution in [-0.2, 0) is 4.79 Å². The van der Waals surface area contributed by atoms with Crippen molar-refractivity contribution in [1.29, 1.82) is 0 Å². The van der Waals surface area contributed by atoms with Crippen molar-refractivity contribution in [2.45, 2.75) is 32.6 Å². The maximum absolute atomic E-state index is 12.5. The zero-order valence-corrected chi connectivity index (χ0v) is 12.8. The van der Waals surface area contributed by atoms with Crippen LogP contribution in [0.15, 0.2) is 18.3 Å². The van der Waals surface area contributed by atoms with Crippen LogP contribution >= 0.6 is 11.6 Å². The van der Waals surface area contributed by atoms with Crippen LogP contribution < -0.4 is 0 Å². The molecule has 1 aromatic heterocycles. The maximum Gasteiger partial charge on any atom is 0.311 e. The van der Waals surface area contributed by atoms with E-state index in [1.54, 1.807) is 17.0 Å². The number of piperidine rings is 1. The van der Waals surface area contributed by atoms with E-state index in [-0.39, 0.29) is 12.5 Å². The summed E-state index contributed by atoms with van der Waals surface area (Å²) in [4.78, 5) is 29.7.